The molecule has 29 heavy (non-hydrogen) atoms. The van der Waals surface area contributed by atoms with Gasteiger partial charge in [-0.25, -0.2) is 0 Å². The number of aromatic nitrogens is 1. The fraction of sp³-hybridized carbons (Fsp3) is 0.458. The number of hydrogen-bond donors (Lipinski definition) is 0. The van der Waals surface area contributed by atoms with Crippen molar-refractivity contribution in [1.82, 2.24) is 9.88 Å². The van der Waals surface area contributed by atoms with Crippen molar-refractivity contribution in [3.8, 4) is 11.1 Å². The lowest BCUT2D eigenvalue weighted by Gasteiger charge is -2.29. The Labute approximate surface area is 175 Å². The Bertz CT molecular complexity index is 1100. The molecular weight excluding hydrogens is 362 g/mol. The van der Waals surface area contributed by atoms with Gasteiger partial charge in [-0.2, -0.15) is 0 Å². The van der Waals surface area contributed by atoms with Crippen LogP contribution in [0.4, 0.5) is 5.69 Å². The fourth-order valence-electron chi connectivity index (χ4n) is 5.23. The second-order valence-electron chi connectivity index (χ2n) is 8.48. The molecule has 2 unspecified atom stereocenters. The molecule has 1 aromatic heterocycles. The maximum absolute atomic E-state index is 12.3. The van der Waals surface area contributed by atoms with Crippen LogP contribution in [0.1, 0.15) is 40.6 Å². The van der Waals surface area contributed by atoms with E-state index < -0.39 is 6.98 Å². The van der Waals surface area contributed by atoms with Crippen LogP contribution in [0.3, 0.4) is 0 Å². The highest BCUT2D eigenvalue weighted by Gasteiger charge is 2.38. The van der Waals surface area contributed by atoms with Gasteiger partial charge in [0, 0.05) is 60.7 Å². The van der Waals surface area contributed by atoms with Crippen molar-refractivity contribution in [3.63, 3.8) is 0 Å². The SMILES string of the molecule is [2H]C([2H])([2H])N1C(=O)CCc2cc(-c3cncc4c3CC3CN(C(=O)CC)CC3C4)ccc21. The van der Waals surface area contributed by atoms with Crippen LogP contribution in [0.15, 0.2) is 30.6 Å². The second kappa shape index (κ2) is 6.97. The molecule has 2 amide bonds. The van der Waals surface area contributed by atoms with Gasteiger partial charge in [0.15, 0.2) is 0 Å². The molecular formula is C24H27N3O2. The smallest absolute Gasteiger partial charge is 0.227 e. The van der Waals surface area contributed by atoms with E-state index in [-0.39, 0.29) is 18.2 Å². The molecule has 3 aliphatic rings. The van der Waals surface area contributed by atoms with Crippen LogP contribution in [0.2, 0.25) is 0 Å². The quantitative estimate of drug-likeness (QED) is 0.788. The monoisotopic (exact) mass is 392 g/mol. The number of benzene rings is 1. The predicted molar refractivity (Wildman–Crippen MR) is 113 cm³/mol. The summed E-state index contributed by atoms with van der Waals surface area (Å²) in [5, 5.41) is 0. The number of carbonyl (C=O) groups is 2. The van der Waals surface area contributed by atoms with E-state index in [1.807, 2.05) is 36.4 Å². The summed E-state index contributed by atoms with van der Waals surface area (Å²) in [5.74, 6) is 0.810. The van der Waals surface area contributed by atoms with E-state index in [2.05, 4.69) is 4.98 Å². The van der Waals surface area contributed by atoms with E-state index in [9.17, 15) is 9.59 Å². The Morgan fingerprint density at radius 2 is 2.00 bits per heavy atom. The first-order valence-corrected chi connectivity index (χ1v) is 10.5. The van der Waals surface area contributed by atoms with Crippen LogP contribution in [-0.4, -0.2) is 41.8 Å². The number of rotatable bonds is 2. The zero-order valence-electron chi connectivity index (χ0n) is 19.6. The normalized spacial score (nSPS) is 24.9. The highest BCUT2D eigenvalue weighted by Crippen LogP contribution is 2.40. The third-order valence-corrected chi connectivity index (χ3v) is 6.82. The Balaban J connectivity index is 1.48. The van der Waals surface area contributed by atoms with Gasteiger partial charge in [0.25, 0.3) is 0 Å². The molecule has 0 bridgehead atoms. The van der Waals surface area contributed by atoms with Gasteiger partial charge in [0.2, 0.25) is 11.8 Å². The van der Waals surface area contributed by atoms with E-state index in [4.69, 9.17) is 4.11 Å². The van der Waals surface area contributed by atoms with Crippen molar-refractivity contribution < 1.29 is 13.7 Å². The van der Waals surface area contributed by atoms with E-state index in [1.54, 1.807) is 6.07 Å². The van der Waals surface area contributed by atoms with Gasteiger partial charge in [-0.15, -0.1) is 0 Å². The summed E-state index contributed by atoms with van der Waals surface area (Å²) < 4.78 is 23.3. The van der Waals surface area contributed by atoms with Crippen molar-refractivity contribution in [2.24, 2.45) is 11.8 Å². The maximum atomic E-state index is 12.3. The van der Waals surface area contributed by atoms with E-state index in [1.165, 1.54) is 11.1 Å². The largest absolute Gasteiger partial charge is 0.342 e. The number of fused-ring (bicyclic) bond motifs is 3. The third kappa shape index (κ3) is 3.04. The van der Waals surface area contributed by atoms with Gasteiger partial charge >= 0.3 is 0 Å². The number of aryl methyl sites for hydroxylation is 1. The Kier molecular flexibility index (Phi) is 3.65. The number of amides is 2. The number of hydrogen-bond acceptors (Lipinski definition) is 3. The second-order valence-corrected chi connectivity index (χ2v) is 8.48. The summed E-state index contributed by atoms with van der Waals surface area (Å²) in [6.45, 7) is 1.08. The molecule has 1 saturated heterocycles. The lowest BCUT2D eigenvalue weighted by molar-refractivity contribution is -0.130. The molecule has 2 atom stereocenters. The molecule has 1 fully saturated rings. The maximum Gasteiger partial charge on any atom is 0.227 e. The molecule has 5 nitrogen and oxygen atoms in total. The van der Waals surface area contributed by atoms with Crippen molar-refractivity contribution >= 4 is 17.5 Å². The molecule has 2 aliphatic heterocycles. The molecule has 0 spiro atoms. The number of anilines is 1. The van der Waals surface area contributed by atoms with Crippen molar-refractivity contribution in [3.05, 3.63) is 47.3 Å². The summed E-state index contributed by atoms with van der Waals surface area (Å²) >= 11 is 0. The summed E-state index contributed by atoms with van der Waals surface area (Å²) in [6.07, 6.45) is 6.97. The van der Waals surface area contributed by atoms with Gasteiger partial charge in [0.05, 0.1) is 0 Å². The molecule has 150 valence electrons. The van der Waals surface area contributed by atoms with Crippen LogP contribution in [0, 0.1) is 11.8 Å². The first-order chi connectivity index (χ1) is 15.3. The molecule has 5 rings (SSSR count). The fourth-order valence-corrected chi connectivity index (χ4v) is 5.23. The van der Waals surface area contributed by atoms with Gasteiger partial charge < -0.3 is 9.80 Å². The van der Waals surface area contributed by atoms with Gasteiger partial charge in [-0.05, 0) is 65.5 Å². The highest BCUT2D eigenvalue weighted by molar-refractivity contribution is 5.96. The predicted octanol–water partition coefficient (Wildman–Crippen LogP) is 3.24. The number of likely N-dealkylation sites (tertiary alicyclic amines) is 1. The zero-order valence-corrected chi connectivity index (χ0v) is 16.6. The highest BCUT2D eigenvalue weighted by atomic mass is 16.2. The lowest BCUT2D eigenvalue weighted by atomic mass is 9.76. The van der Waals surface area contributed by atoms with Crippen molar-refractivity contribution in [2.75, 3.05) is 25.0 Å². The summed E-state index contributed by atoms with van der Waals surface area (Å²) in [5.41, 5.74) is 5.96. The van der Waals surface area contributed by atoms with Crippen LogP contribution in [0.5, 0.6) is 0 Å². The van der Waals surface area contributed by atoms with Crippen LogP contribution in [-0.2, 0) is 28.9 Å². The van der Waals surface area contributed by atoms with Gasteiger partial charge in [0.1, 0.15) is 0 Å². The van der Waals surface area contributed by atoms with Crippen LogP contribution >= 0.6 is 0 Å². The van der Waals surface area contributed by atoms with Crippen molar-refractivity contribution in [2.45, 2.75) is 39.0 Å². The molecule has 1 aliphatic carbocycles. The first kappa shape index (κ1) is 15.2. The third-order valence-electron chi connectivity index (χ3n) is 6.82. The van der Waals surface area contributed by atoms with E-state index in [0.29, 0.717) is 30.4 Å². The average Bonchev–Trinajstić information content (AvgIpc) is 3.18. The minimum absolute atomic E-state index is 0.199. The Hall–Kier alpha value is -2.69. The van der Waals surface area contributed by atoms with Crippen LogP contribution in [0.25, 0.3) is 11.1 Å². The first-order valence-electron chi connectivity index (χ1n) is 12.0. The zero-order chi connectivity index (χ0) is 22.6. The van der Waals surface area contributed by atoms with Gasteiger partial charge in [-0.1, -0.05) is 13.0 Å². The molecule has 0 saturated carbocycles. The molecule has 3 heterocycles. The van der Waals surface area contributed by atoms with E-state index >= 15 is 0 Å². The lowest BCUT2D eigenvalue weighted by Crippen LogP contribution is -2.31. The van der Waals surface area contributed by atoms with Gasteiger partial charge in [-0.3, -0.25) is 14.6 Å². The summed E-state index contributed by atoms with van der Waals surface area (Å²) in [6, 6.07) is 5.68. The molecule has 5 heteroatoms. The molecule has 0 N–H and O–H groups in total. The summed E-state index contributed by atoms with van der Waals surface area (Å²) in [4.78, 5) is 32.0. The van der Waals surface area contributed by atoms with Crippen molar-refractivity contribution in [1.29, 1.82) is 0 Å². The Morgan fingerprint density at radius 1 is 1.17 bits per heavy atom. The molecule has 0 radical (unpaired) electrons. The number of nitrogens with zero attached hydrogens (tertiary/aromatic N) is 3. The number of pyridine rings is 1. The average molecular weight is 393 g/mol. The van der Waals surface area contributed by atoms with Crippen LogP contribution < -0.4 is 4.90 Å². The minimum atomic E-state index is -2.49. The minimum Gasteiger partial charge on any atom is -0.342 e. The topological polar surface area (TPSA) is 53.5 Å². The Morgan fingerprint density at radius 3 is 2.79 bits per heavy atom. The number of carbonyl (C=O) groups excluding carboxylic acids is 2. The standard InChI is InChI=1S/C24H27N3O2/c1-3-23(28)27-13-18-9-17-11-25-12-21(20(17)10-19(18)14-27)15-4-6-22-16(8-15)5-7-24(29)26(22)2/h4,6,8,11-12,18-19H,3,5,7,9-10,13-14H2,1-2H3/i2D3. The molecule has 2 aromatic rings. The molecule has 1 aromatic carbocycles. The summed E-state index contributed by atoms with van der Waals surface area (Å²) in [7, 11) is 0. The van der Waals surface area contributed by atoms with E-state index in [0.717, 1.165) is 47.5 Å².